The fourth-order valence-electron chi connectivity index (χ4n) is 2.16. The number of hydrogen-bond acceptors (Lipinski definition) is 4. The molecule has 0 aromatic carbocycles. The van der Waals surface area contributed by atoms with Gasteiger partial charge in [0, 0.05) is 24.9 Å². The van der Waals surface area contributed by atoms with Crippen LogP contribution in [0.3, 0.4) is 0 Å². The van der Waals surface area contributed by atoms with Crippen molar-refractivity contribution >= 4 is 21.6 Å². The van der Waals surface area contributed by atoms with Crippen LogP contribution in [0.15, 0.2) is 23.2 Å². The third kappa shape index (κ3) is 2.28. The summed E-state index contributed by atoms with van der Waals surface area (Å²) < 4.78 is 8.29. The quantitative estimate of drug-likeness (QED) is 0.938. The van der Waals surface area contributed by atoms with Crippen molar-refractivity contribution in [2.75, 3.05) is 13.2 Å². The Bertz CT molecular complexity index is 562. The van der Waals surface area contributed by atoms with E-state index in [0.717, 1.165) is 42.1 Å². The minimum absolute atomic E-state index is 0.0778. The molecule has 6 heteroatoms. The van der Waals surface area contributed by atoms with Crippen LogP contribution in [0.5, 0.6) is 0 Å². The van der Waals surface area contributed by atoms with Gasteiger partial charge in [0.15, 0.2) is 5.65 Å². The summed E-state index contributed by atoms with van der Waals surface area (Å²) in [6.07, 6.45) is 6.63. The SMILES string of the molecule is CC1(NCc2cnc3cnc(Br)cn23)CCOC1. The molecule has 1 N–H and O–H groups in total. The Morgan fingerprint density at radius 3 is 3.17 bits per heavy atom. The summed E-state index contributed by atoms with van der Waals surface area (Å²) in [6.45, 7) is 4.58. The van der Waals surface area contributed by atoms with Crippen molar-refractivity contribution in [1.29, 1.82) is 0 Å². The van der Waals surface area contributed by atoms with Crippen LogP contribution in [0.4, 0.5) is 0 Å². The van der Waals surface area contributed by atoms with Crippen molar-refractivity contribution in [3.05, 3.63) is 28.9 Å². The molecule has 0 saturated carbocycles. The van der Waals surface area contributed by atoms with Crippen LogP contribution in [0, 0.1) is 0 Å². The summed E-state index contributed by atoms with van der Waals surface area (Å²) in [7, 11) is 0. The lowest BCUT2D eigenvalue weighted by Gasteiger charge is -2.23. The Hall–Kier alpha value is -0.980. The average Bonchev–Trinajstić information content (AvgIpc) is 2.94. The van der Waals surface area contributed by atoms with Gasteiger partial charge >= 0.3 is 0 Å². The number of imidazole rings is 1. The van der Waals surface area contributed by atoms with Crippen LogP contribution in [-0.4, -0.2) is 33.1 Å². The first-order valence-corrected chi connectivity index (χ1v) is 6.76. The number of hydrogen-bond donors (Lipinski definition) is 1. The largest absolute Gasteiger partial charge is 0.379 e. The highest BCUT2D eigenvalue weighted by atomic mass is 79.9. The molecule has 1 aliphatic rings. The maximum absolute atomic E-state index is 5.43. The van der Waals surface area contributed by atoms with Gasteiger partial charge in [0.25, 0.3) is 0 Å². The van der Waals surface area contributed by atoms with E-state index in [1.54, 1.807) is 6.20 Å². The third-order valence-corrected chi connectivity index (χ3v) is 3.77. The summed E-state index contributed by atoms with van der Waals surface area (Å²) >= 11 is 3.38. The van der Waals surface area contributed by atoms with E-state index < -0.39 is 0 Å². The third-order valence-electron chi connectivity index (χ3n) is 3.36. The Morgan fingerprint density at radius 2 is 2.39 bits per heavy atom. The van der Waals surface area contributed by atoms with Gasteiger partial charge in [0.05, 0.1) is 24.7 Å². The zero-order valence-electron chi connectivity index (χ0n) is 10.2. The Kier molecular flexibility index (Phi) is 3.09. The number of fused-ring (bicyclic) bond motifs is 1. The van der Waals surface area contributed by atoms with E-state index in [1.165, 1.54) is 0 Å². The summed E-state index contributed by atoms with van der Waals surface area (Å²) in [4.78, 5) is 8.50. The second-order valence-corrected chi connectivity index (χ2v) is 5.72. The fraction of sp³-hybridized carbons (Fsp3) is 0.500. The minimum Gasteiger partial charge on any atom is -0.379 e. The van der Waals surface area contributed by atoms with E-state index in [9.17, 15) is 0 Å². The summed E-state index contributed by atoms with van der Waals surface area (Å²) in [6, 6.07) is 0. The van der Waals surface area contributed by atoms with E-state index >= 15 is 0 Å². The molecule has 18 heavy (non-hydrogen) atoms. The van der Waals surface area contributed by atoms with Gasteiger partial charge in [-0.1, -0.05) is 0 Å². The molecule has 0 spiro atoms. The molecule has 1 unspecified atom stereocenters. The van der Waals surface area contributed by atoms with Crippen LogP contribution in [0.2, 0.25) is 0 Å². The van der Waals surface area contributed by atoms with Crippen LogP contribution >= 0.6 is 15.9 Å². The molecule has 2 aromatic heterocycles. The molecular formula is C12H15BrN4O. The van der Waals surface area contributed by atoms with Gasteiger partial charge in [0.1, 0.15) is 4.60 Å². The number of nitrogens with one attached hydrogen (secondary N) is 1. The van der Waals surface area contributed by atoms with Gasteiger partial charge in [-0.05, 0) is 29.3 Å². The summed E-state index contributed by atoms with van der Waals surface area (Å²) in [5.41, 5.74) is 2.07. The van der Waals surface area contributed by atoms with Crippen molar-refractivity contribution in [2.45, 2.75) is 25.4 Å². The molecule has 1 fully saturated rings. The molecule has 3 heterocycles. The Balaban J connectivity index is 1.80. The maximum Gasteiger partial charge on any atom is 0.155 e. The van der Waals surface area contributed by atoms with Crippen LogP contribution in [0.1, 0.15) is 19.0 Å². The maximum atomic E-state index is 5.43. The van der Waals surface area contributed by atoms with Crippen molar-refractivity contribution in [3.63, 3.8) is 0 Å². The van der Waals surface area contributed by atoms with Gasteiger partial charge < -0.3 is 10.1 Å². The molecule has 0 bridgehead atoms. The van der Waals surface area contributed by atoms with Crippen LogP contribution in [0.25, 0.3) is 5.65 Å². The van der Waals surface area contributed by atoms with E-state index in [2.05, 4.69) is 38.1 Å². The van der Waals surface area contributed by atoms with E-state index in [1.807, 2.05) is 16.8 Å². The second kappa shape index (κ2) is 4.60. The molecule has 2 aromatic rings. The highest BCUT2D eigenvalue weighted by Crippen LogP contribution is 2.18. The molecule has 0 radical (unpaired) electrons. The molecule has 1 aliphatic heterocycles. The monoisotopic (exact) mass is 310 g/mol. The summed E-state index contributed by atoms with van der Waals surface area (Å²) in [5.74, 6) is 0. The van der Waals surface area contributed by atoms with Gasteiger partial charge in [-0.25, -0.2) is 9.97 Å². The first-order valence-electron chi connectivity index (χ1n) is 5.97. The molecule has 96 valence electrons. The molecule has 0 aliphatic carbocycles. The number of ether oxygens (including phenoxy) is 1. The van der Waals surface area contributed by atoms with Crippen molar-refractivity contribution in [2.24, 2.45) is 0 Å². The second-order valence-electron chi connectivity index (χ2n) is 4.90. The van der Waals surface area contributed by atoms with Crippen molar-refractivity contribution in [3.8, 4) is 0 Å². The molecule has 5 nitrogen and oxygen atoms in total. The lowest BCUT2D eigenvalue weighted by Crippen LogP contribution is -2.42. The molecular weight excluding hydrogens is 296 g/mol. The lowest BCUT2D eigenvalue weighted by molar-refractivity contribution is 0.171. The number of rotatable bonds is 3. The fourth-order valence-corrected chi connectivity index (χ4v) is 2.46. The topological polar surface area (TPSA) is 51.5 Å². The average molecular weight is 311 g/mol. The molecule has 1 saturated heterocycles. The van der Waals surface area contributed by atoms with E-state index in [-0.39, 0.29) is 5.54 Å². The first-order chi connectivity index (χ1) is 8.66. The zero-order valence-corrected chi connectivity index (χ0v) is 11.8. The number of aromatic nitrogens is 3. The van der Waals surface area contributed by atoms with Gasteiger partial charge in [-0.15, -0.1) is 0 Å². The predicted molar refractivity (Wildman–Crippen MR) is 71.4 cm³/mol. The van der Waals surface area contributed by atoms with Gasteiger partial charge in [-0.3, -0.25) is 4.40 Å². The number of nitrogens with zero attached hydrogens (tertiary/aromatic N) is 3. The number of halogens is 1. The molecule has 1 atom stereocenters. The van der Waals surface area contributed by atoms with Crippen molar-refractivity contribution < 1.29 is 4.74 Å². The van der Waals surface area contributed by atoms with E-state index in [4.69, 9.17) is 4.74 Å². The van der Waals surface area contributed by atoms with Gasteiger partial charge in [0.2, 0.25) is 0 Å². The minimum atomic E-state index is 0.0778. The molecule has 0 amide bonds. The predicted octanol–water partition coefficient (Wildman–Crippen LogP) is 1.76. The molecule has 3 rings (SSSR count). The van der Waals surface area contributed by atoms with E-state index in [0.29, 0.717) is 0 Å². The summed E-state index contributed by atoms with van der Waals surface area (Å²) in [5, 5.41) is 3.55. The zero-order chi connectivity index (χ0) is 12.6. The standard InChI is InChI=1S/C12H15BrN4O/c1-12(2-3-18-8-12)16-5-9-4-15-11-6-14-10(13)7-17(9)11/h4,6-7,16H,2-3,5,8H2,1H3. The smallest absolute Gasteiger partial charge is 0.155 e. The Morgan fingerprint density at radius 1 is 1.50 bits per heavy atom. The highest BCUT2D eigenvalue weighted by Gasteiger charge is 2.28. The van der Waals surface area contributed by atoms with Crippen molar-refractivity contribution in [1.82, 2.24) is 19.7 Å². The lowest BCUT2D eigenvalue weighted by atomic mass is 10.0. The highest BCUT2D eigenvalue weighted by molar-refractivity contribution is 9.10. The van der Waals surface area contributed by atoms with Crippen LogP contribution < -0.4 is 5.32 Å². The Labute approximate surface area is 114 Å². The van der Waals surface area contributed by atoms with Gasteiger partial charge in [-0.2, -0.15) is 0 Å². The van der Waals surface area contributed by atoms with Crippen LogP contribution in [-0.2, 0) is 11.3 Å². The normalized spacial score (nSPS) is 23.9. The first kappa shape index (κ1) is 12.1.